The number of hydrogen-bond acceptors (Lipinski definition) is 1. The molecule has 0 N–H and O–H groups in total. The smallest absolute Gasteiger partial charge is 0.161 e. The molecule has 0 heterocycles. The van der Waals surface area contributed by atoms with Crippen molar-refractivity contribution in [1.82, 2.24) is 0 Å². The summed E-state index contributed by atoms with van der Waals surface area (Å²) in [4.78, 5) is 11.1. The summed E-state index contributed by atoms with van der Waals surface area (Å²) in [6.07, 6.45) is 1.97. The summed E-state index contributed by atoms with van der Waals surface area (Å²) in [6.45, 7) is 0. The number of halogens is 1. The van der Waals surface area contributed by atoms with Crippen LogP contribution < -0.4 is 0 Å². The molecule has 0 unspecified atom stereocenters. The molecule has 0 spiro atoms. The Morgan fingerprint density at radius 3 is 2.83 bits per heavy atom. The van der Waals surface area contributed by atoms with Crippen LogP contribution in [0.4, 0.5) is 0 Å². The first-order chi connectivity index (χ1) is 5.77. The highest BCUT2D eigenvalue weighted by atomic mass is 35.5. The second-order valence-corrected chi connectivity index (χ2v) is 3.20. The Labute approximate surface area is 75.7 Å². The minimum atomic E-state index is 0.0821. The highest BCUT2D eigenvalue weighted by Gasteiger charge is 2.14. The van der Waals surface area contributed by atoms with Gasteiger partial charge in [0.15, 0.2) is 5.78 Å². The van der Waals surface area contributed by atoms with E-state index in [9.17, 15) is 4.79 Å². The monoisotopic (exact) mass is 178 g/mol. The van der Waals surface area contributed by atoms with Gasteiger partial charge in [-0.15, -0.1) is 0 Å². The molecule has 0 aromatic heterocycles. The van der Waals surface area contributed by atoms with Crippen molar-refractivity contribution < 1.29 is 4.79 Å². The van der Waals surface area contributed by atoms with Crippen LogP contribution in [0.5, 0.6) is 0 Å². The first-order valence-corrected chi connectivity index (χ1v) is 4.13. The van der Waals surface area contributed by atoms with Crippen LogP contribution in [0.15, 0.2) is 30.3 Å². The Bertz CT molecular complexity index is 366. The van der Waals surface area contributed by atoms with Gasteiger partial charge in [0.05, 0.1) is 5.03 Å². The SMILES string of the molecule is O=C1C=C(Cl)c2ccccc2C1. The first-order valence-electron chi connectivity index (χ1n) is 3.75. The normalized spacial score (nSPS) is 15.4. The molecule has 1 aliphatic carbocycles. The van der Waals surface area contributed by atoms with E-state index >= 15 is 0 Å². The van der Waals surface area contributed by atoms with E-state index in [2.05, 4.69) is 0 Å². The molecule has 1 aromatic rings. The van der Waals surface area contributed by atoms with Crippen LogP contribution in [0.1, 0.15) is 11.1 Å². The first kappa shape index (κ1) is 7.56. The molecule has 0 bridgehead atoms. The predicted molar refractivity (Wildman–Crippen MR) is 49.0 cm³/mol. The molecule has 1 aromatic carbocycles. The lowest BCUT2D eigenvalue weighted by molar-refractivity contribution is -0.114. The maximum atomic E-state index is 11.1. The van der Waals surface area contributed by atoms with Gasteiger partial charge in [-0.3, -0.25) is 4.79 Å². The van der Waals surface area contributed by atoms with E-state index in [1.54, 1.807) is 0 Å². The fourth-order valence-electron chi connectivity index (χ4n) is 1.37. The lowest BCUT2D eigenvalue weighted by Gasteiger charge is -2.11. The standard InChI is InChI=1S/C10H7ClO/c11-10-6-8(12)5-7-3-1-2-4-9(7)10/h1-4,6H,5H2. The van der Waals surface area contributed by atoms with Crippen molar-refractivity contribution in [3.8, 4) is 0 Å². The van der Waals surface area contributed by atoms with Crippen LogP contribution in [-0.2, 0) is 11.2 Å². The average molecular weight is 179 g/mol. The van der Waals surface area contributed by atoms with Crippen LogP contribution in [0.3, 0.4) is 0 Å². The van der Waals surface area contributed by atoms with E-state index in [-0.39, 0.29) is 5.78 Å². The number of fused-ring (bicyclic) bond motifs is 1. The van der Waals surface area contributed by atoms with Crippen LogP contribution in [0.25, 0.3) is 5.03 Å². The van der Waals surface area contributed by atoms with E-state index in [0.717, 1.165) is 11.1 Å². The van der Waals surface area contributed by atoms with Gasteiger partial charge in [-0.2, -0.15) is 0 Å². The van der Waals surface area contributed by atoms with Gasteiger partial charge in [0.1, 0.15) is 0 Å². The van der Waals surface area contributed by atoms with Crippen molar-refractivity contribution in [3.63, 3.8) is 0 Å². The van der Waals surface area contributed by atoms with Crippen LogP contribution in [0.2, 0.25) is 0 Å². The molecular weight excluding hydrogens is 172 g/mol. The van der Waals surface area contributed by atoms with Crippen molar-refractivity contribution in [1.29, 1.82) is 0 Å². The van der Waals surface area contributed by atoms with Gasteiger partial charge in [-0.05, 0) is 11.1 Å². The third kappa shape index (κ3) is 1.16. The Kier molecular flexibility index (Phi) is 1.74. The van der Waals surface area contributed by atoms with Gasteiger partial charge in [0.2, 0.25) is 0 Å². The number of benzene rings is 1. The van der Waals surface area contributed by atoms with Gasteiger partial charge >= 0.3 is 0 Å². The molecular formula is C10H7ClO. The molecule has 0 radical (unpaired) electrons. The third-order valence-electron chi connectivity index (χ3n) is 1.93. The fourth-order valence-corrected chi connectivity index (χ4v) is 1.67. The summed E-state index contributed by atoms with van der Waals surface area (Å²) in [7, 11) is 0. The van der Waals surface area contributed by atoms with Gasteiger partial charge in [0, 0.05) is 12.5 Å². The van der Waals surface area contributed by atoms with Gasteiger partial charge in [-0.25, -0.2) is 0 Å². The zero-order chi connectivity index (χ0) is 8.55. The van der Waals surface area contributed by atoms with E-state index in [4.69, 9.17) is 11.6 Å². The Morgan fingerprint density at radius 1 is 1.25 bits per heavy atom. The summed E-state index contributed by atoms with van der Waals surface area (Å²) < 4.78 is 0. The molecule has 2 rings (SSSR count). The van der Waals surface area contributed by atoms with Crippen molar-refractivity contribution in [2.75, 3.05) is 0 Å². The number of carbonyl (C=O) groups is 1. The lowest BCUT2D eigenvalue weighted by atomic mass is 9.97. The Balaban J connectivity index is 2.60. The molecule has 1 aliphatic rings. The number of carbonyl (C=O) groups excluding carboxylic acids is 1. The maximum absolute atomic E-state index is 11.1. The van der Waals surface area contributed by atoms with Crippen molar-refractivity contribution in [2.24, 2.45) is 0 Å². The van der Waals surface area contributed by atoms with E-state index in [0.29, 0.717) is 11.5 Å². The summed E-state index contributed by atoms with van der Waals surface area (Å²) in [5, 5.41) is 0.557. The topological polar surface area (TPSA) is 17.1 Å². The molecule has 0 saturated carbocycles. The van der Waals surface area contributed by atoms with Crippen molar-refractivity contribution in [2.45, 2.75) is 6.42 Å². The summed E-state index contributed by atoms with van der Waals surface area (Å²) >= 11 is 5.88. The number of hydrogen-bond donors (Lipinski definition) is 0. The predicted octanol–water partition coefficient (Wildman–Crippen LogP) is 2.39. The average Bonchev–Trinajstić information content (AvgIpc) is 2.04. The summed E-state index contributed by atoms with van der Waals surface area (Å²) in [6, 6.07) is 7.70. The number of allylic oxidation sites excluding steroid dienone is 1. The zero-order valence-electron chi connectivity index (χ0n) is 6.38. The number of ketones is 1. The lowest BCUT2D eigenvalue weighted by Crippen LogP contribution is -2.06. The number of rotatable bonds is 0. The Morgan fingerprint density at radius 2 is 2.00 bits per heavy atom. The van der Waals surface area contributed by atoms with Gasteiger partial charge in [0.25, 0.3) is 0 Å². The molecule has 2 heteroatoms. The minimum Gasteiger partial charge on any atom is -0.294 e. The zero-order valence-corrected chi connectivity index (χ0v) is 7.14. The third-order valence-corrected chi connectivity index (χ3v) is 2.24. The fraction of sp³-hybridized carbons (Fsp3) is 0.100. The van der Waals surface area contributed by atoms with Crippen LogP contribution in [0, 0.1) is 0 Å². The largest absolute Gasteiger partial charge is 0.294 e. The summed E-state index contributed by atoms with van der Waals surface area (Å²) in [5.74, 6) is 0.0821. The molecule has 1 nitrogen and oxygen atoms in total. The molecule has 60 valence electrons. The van der Waals surface area contributed by atoms with Gasteiger partial charge in [-0.1, -0.05) is 35.9 Å². The molecule has 0 aliphatic heterocycles. The van der Waals surface area contributed by atoms with Gasteiger partial charge < -0.3 is 0 Å². The van der Waals surface area contributed by atoms with Crippen molar-refractivity contribution in [3.05, 3.63) is 41.5 Å². The maximum Gasteiger partial charge on any atom is 0.161 e. The van der Waals surface area contributed by atoms with Crippen molar-refractivity contribution >= 4 is 22.4 Å². The highest BCUT2D eigenvalue weighted by Crippen LogP contribution is 2.27. The Hall–Kier alpha value is -1.08. The molecule has 12 heavy (non-hydrogen) atoms. The highest BCUT2D eigenvalue weighted by molar-refractivity contribution is 6.50. The van der Waals surface area contributed by atoms with E-state index in [1.807, 2.05) is 24.3 Å². The molecule has 0 saturated heterocycles. The molecule has 0 fully saturated rings. The van der Waals surface area contributed by atoms with Crippen LogP contribution in [-0.4, -0.2) is 5.78 Å². The second kappa shape index (κ2) is 2.76. The molecule has 0 atom stereocenters. The quantitative estimate of drug-likeness (QED) is 0.596. The minimum absolute atomic E-state index is 0.0821. The second-order valence-electron chi connectivity index (χ2n) is 2.79. The van der Waals surface area contributed by atoms with Crippen LogP contribution >= 0.6 is 11.6 Å². The molecule has 0 amide bonds. The summed E-state index contributed by atoms with van der Waals surface area (Å²) in [5.41, 5.74) is 2.01. The van der Waals surface area contributed by atoms with E-state index in [1.165, 1.54) is 6.08 Å². The van der Waals surface area contributed by atoms with E-state index < -0.39 is 0 Å².